The first-order chi connectivity index (χ1) is 15.3. The van der Waals surface area contributed by atoms with Crippen LogP contribution in [0.3, 0.4) is 0 Å². The third-order valence-electron chi connectivity index (χ3n) is 5.38. The number of carboxylic acid groups (broad SMARTS) is 1. The van der Waals surface area contributed by atoms with Gasteiger partial charge >= 0.3 is 5.97 Å². The van der Waals surface area contributed by atoms with Gasteiger partial charge < -0.3 is 10.4 Å². The molecule has 4 aromatic rings. The Morgan fingerprint density at radius 1 is 0.938 bits per heavy atom. The van der Waals surface area contributed by atoms with Crippen LogP contribution in [-0.4, -0.2) is 19.5 Å². The lowest BCUT2D eigenvalue weighted by atomic mass is 9.97. The largest absolute Gasteiger partial charge is 0.478 e. The predicted molar refractivity (Wildman–Crippen MR) is 126 cm³/mol. The average molecular weight is 447 g/mol. The Bertz CT molecular complexity index is 1410. The van der Waals surface area contributed by atoms with Gasteiger partial charge in [-0.15, -0.1) is 0 Å². The normalized spacial score (nSPS) is 12.4. The smallest absolute Gasteiger partial charge is 0.335 e. The number of sulfonamides is 1. The van der Waals surface area contributed by atoms with Gasteiger partial charge in [-0.1, -0.05) is 72.8 Å². The van der Waals surface area contributed by atoms with Gasteiger partial charge in [0.2, 0.25) is 10.0 Å². The van der Waals surface area contributed by atoms with Crippen molar-refractivity contribution < 1.29 is 18.3 Å². The molecule has 0 aromatic heterocycles. The molecule has 32 heavy (non-hydrogen) atoms. The maximum Gasteiger partial charge on any atom is 0.335 e. The monoisotopic (exact) mass is 446 g/mol. The fraction of sp³-hybridized carbons (Fsp3) is 0.0800. The summed E-state index contributed by atoms with van der Waals surface area (Å²) in [5.74, 6) is -1.24. The number of nitrogens with one attached hydrogen (secondary N) is 1. The summed E-state index contributed by atoms with van der Waals surface area (Å²) < 4.78 is 24.9. The number of aromatic carboxylic acids is 1. The number of fused-ring (bicyclic) bond motifs is 1. The molecule has 4 aromatic carbocycles. The quantitative estimate of drug-likeness (QED) is 0.385. The van der Waals surface area contributed by atoms with Crippen molar-refractivity contribution in [2.75, 3.05) is 5.32 Å². The molecule has 162 valence electrons. The molecule has 0 aliphatic heterocycles. The first-order valence-corrected chi connectivity index (χ1v) is 11.5. The summed E-state index contributed by atoms with van der Waals surface area (Å²) in [6, 6.07) is 25.1. The van der Waals surface area contributed by atoms with Crippen molar-refractivity contribution in [1.29, 1.82) is 0 Å². The van der Waals surface area contributed by atoms with Crippen molar-refractivity contribution in [3.63, 3.8) is 0 Å². The van der Waals surface area contributed by atoms with Crippen molar-refractivity contribution in [3.8, 4) is 11.1 Å². The zero-order valence-corrected chi connectivity index (χ0v) is 18.1. The number of hydrogen-bond donors (Lipinski definition) is 3. The average Bonchev–Trinajstić information content (AvgIpc) is 2.78. The lowest BCUT2D eigenvalue weighted by Gasteiger charge is -2.22. The number of rotatable bonds is 6. The van der Waals surface area contributed by atoms with Crippen LogP contribution >= 0.6 is 0 Å². The Labute approximate surface area is 186 Å². The Kier molecular flexibility index (Phi) is 5.69. The Morgan fingerprint density at radius 3 is 2.28 bits per heavy atom. The van der Waals surface area contributed by atoms with Crippen LogP contribution in [0.4, 0.5) is 5.69 Å². The number of primary sulfonamides is 1. The molecule has 6 nitrogen and oxygen atoms in total. The van der Waals surface area contributed by atoms with Crippen molar-refractivity contribution in [1.82, 2.24) is 0 Å². The SMILES string of the molecule is CC(Nc1cc(C(=O)O)cc(S(N)(=O)=O)c1-c1ccccc1)c1cccc2ccccc12. The minimum absolute atomic E-state index is 0.165. The Balaban J connectivity index is 1.92. The summed E-state index contributed by atoms with van der Waals surface area (Å²) in [7, 11) is -4.20. The van der Waals surface area contributed by atoms with Crippen LogP contribution in [0, 0.1) is 0 Å². The van der Waals surface area contributed by atoms with E-state index in [0.29, 0.717) is 16.8 Å². The van der Waals surface area contributed by atoms with Crippen LogP contribution in [0.15, 0.2) is 89.8 Å². The van der Waals surface area contributed by atoms with E-state index < -0.39 is 16.0 Å². The van der Waals surface area contributed by atoms with Gasteiger partial charge in [0, 0.05) is 17.3 Å². The first-order valence-electron chi connectivity index (χ1n) is 9.99. The molecule has 0 radical (unpaired) electrons. The number of carbonyl (C=O) groups is 1. The molecule has 0 fully saturated rings. The van der Waals surface area contributed by atoms with Gasteiger partial charge in [-0.05, 0) is 41.0 Å². The lowest BCUT2D eigenvalue weighted by molar-refractivity contribution is 0.0696. The number of anilines is 1. The molecule has 0 saturated heterocycles. The van der Waals surface area contributed by atoms with E-state index in [1.54, 1.807) is 24.3 Å². The van der Waals surface area contributed by atoms with Gasteiger partial charge in [-0.25, -0.2) is 18.4 Å². The van der Waals surface area contributed by atoms with E-state index in [1.807, 2.05) is 55.5 Å². The van der Waals surface area contributed by atoms with Gasteiger partial charge in [0.05, 0.1) is 10.5 Å². The summed E-state index contributed by atoms with van der Waals surface area (Å²) in [6.45, 7) is 1.95. The third-order valence-corrected chi connectivity index (χ3v) is 6.32. The maximum absolute atomic E-state index is 12.4. The highest BCUT2D eigenvalue weighted by atomic mass is 32.2. The van der Waals surface area contributed by atoms with E-state index >= 15 is 0 Å². The molecular formula is C25H22N2O4S. The van der Waals surface area contributed by atoms with E-state index in [9.17, 15) is 18.3 Å². The van der Waals surface area contributed by atoms with Gasteiger partial charge in [-0.2, -0.15) is 0 Å². The minimum atomic E-state index is -4.20. The molecule has 4 N–H and O–H groups in total. The van der Waals surface area contributed by atoms with Crippen molar-refractivity contribution in [2.24, 2.45) is 5.14 Å². The number of benzene rings is 4. The Morgan fingerprint density at radius 2 is 1.59 bits per heavy atom. The maximum atomic E-state index is 12.4. The van der Waals surface area contributed by atoms with Crippen LogP contribution in [0.5, 0.6) is 0 Å². The first kappa shape index (κ1) is 21.5. The summed E-state index contributed by atoms with van der Waals surface area (Å²) in [5, 5.41) is 20.6. The third kappa shape index (κ3) is 4.21. The van der Waals surface area contributed by atoms with Crippen LogP contribution in [-0.2, 0) is 10.0 Å². The van der Waals surface area contributed by atoms with Gasteiger partial charge in [0.15, 0.2) is 0 Å². The van der Waals surface area contributed by atoms with Crippen LogP contribution in [0.25, 0.3) is 21.9 Å². The summed E-state index contributed by atoms with van der Waals surface area (Å²) in [4.78, 5) is 11.5. The highest BCUT2D eigenvalue weighted by molar-refractivity contribution is 7.89. The summed E-state index contributed by atoms with van der Waals surface area (Å²) in [6.07, 6.45) is 0. The molecule has 7 heteroatoms. The molecule has 0 aliphatic rings. The van der Waals surface area contributed by atoms with Crippen molar-refractivity contribution >= 4 is 32.5 Å². The molecule has 4 rings (SSSR count). The number of carboxylic acids is 1. The fourth-order valence-electron chi connectivity index (χ4n) is 3.92. The number of nitrogens with two attached hydrogens (primary N) is 1. The molecule has 0 aliphatic carbocycles. The topological polar surface area (TPSA) is 109 Å². The Hall–Kier alpha value is -3.68. The van der Waals surface area contributed by atoms with Crippen molar-refractivity contribution in [3.05, 3.63) is 96.1 Å². The van der Waals surface area contributed by atoms with E-state index in [-0.39, 0.29) is 16.5 Å². The molecule has 1 unspecified atom stereocenters. The summed E-state index contributed by atoms with van der Waals surface area (Å²) >= 11 is 0. The number of hydrogen-bond acceptors (Lipinski definition) is 4. The second-order valence-corrected chi connectivity index (χ2v) is 9.08. The van der Waals surface area contributed by atoms with Gasteiger partial charge in [-0.3, -0.25) is 0 Å². The molecule has 0 heterocycles. The molecule has 0 spiro atoms. The predicted octanol–water partition coefficient (Wildman–Crippen LogP) is 5.03. The van der Waals surface area contributed by atoms with Crippen LogP contribution in [0.2, 0.25) is 0 Å². The highest BCUT2D eigenvalue weighted by Crippen LogP contribution is 2.38. The van der Waals surface area contributed by atoms with E-state index in [0.717, 1.165) is 22.4 Å². The lowest BCUT2D eigenvalue weighted by Crippen LogP contribution is -2.17. The zero-order chi connectivity index (χ0) is 22.9. The van der Waals surface area contributed by atoms with E-state index in [1.165, 1.54) is 6.07 Å². The van der Waals surface area contributed by atoms with Crippen LogP contribution < -0.4 is 10.5 Å². The molecule has 0 amide bonds. The highest BCUT2D eigenvalue weighted by Gasteiger charge is 2.23. The van der Waals surface area contributed by atoms with Gasteiger partial charge in [0.25, 0.3) is 0 Å². The summed E-state index contributed by atoms with van der Waals surface area (Å²) in [5.41, 5.74) is 2.16. The molecular weight excluding hydrogens is 424 g/mol. The second-order valence-electron chi connectivity index (χ2n) is 7.55. The van der Waals surface area contributed by atoms with Gasteiger partial charge in [0.1, 0.15) is 0 Å². The van der Waals surface area contributed by atoms with E-state index in [4.69, 9.17) is 5.14 Å². The van der Waals surface area contributed by atoms with Crippen LogP contribution in [0.1, 0.15) is 28.9 Å². The fourth-order valence-corrected chi connectivity index (χ4v) is 4.72. The molecule has 1 atom stereocenters. The second kappa shape index (κ2) is 8.45. The molecule has 0 saturated carbocycles. The van der Waals surface area contributed by atoms with Crippen molar-refractivity contribution in [2.45, 2.75) is 17.9 Å². The zero-order valence-electron chi connectivity index (χ0n) is 17.3. The molecule has 0 bridgehead atoms. The van der Waals surface area contributed by atoms with E-state index in [2.05, 4.69) is 5.32 Å². The minimum Gasteiger partial charge on any atom is -0.478 e. The standard InChI is InChI=1S/C25H22N2O4S/c1-16(20-13-7-11-17-8-5-6-12-21(17)20)27-22-14-19(25(28)29)15-23(32(26,30)31)24(22)18-9-3-2-4-10-18/h2-16,27H,1H3,(H,28,29)(H2,26,30,31).